The Morgan fingerprint density at radius 1 is 1.35 bits per heavy atom. The average Bonchev–Trinajstić information content (AvgIpc) is 2.67. The van der Waals surface area contributed by atoms with Crippen molar-refractivity contribution >= 4 is 17.8 Å². The third-order valence-electron chi connectivity index (χ3n) is 5.09. The summed E-state index contributed by atoms with van der Waals surface area (Å²) >= 11 is 0. The molecule has 0 amide bonds. The molecule has 0 radical (unpaired) electrons. The first-order chi connectivity index (χ1) is 12.5. The number of ether oxygens (including phenoxy) is 1. The minimum atomic E-state index is -0.733. The summed E-state index contributed by atoms with van der Waals surface area (Å²) in [5, 5.41) is 3.12. The highest BCUT2D eigenvalue weighted by Gasteiger charge is 2.36. The molecular weight excluding hydrogens is 328 g/mol. The average molecular weight is 356 g/mol. The van der Waals surface area contributed by atoms with Crippen LogP contribution in [0.2, 0.25) is 0 Å². The summed E-state index contributed by atoms with van der Waals surface area (Å²) in [6.07, 6.45) is 6.43. The molecule has 1 N–H and O–H groups in total. The first-order valence-corrected chi connectivity index (χ1v) is 9.15. The number of hydrogen-bond acceptors (Lipinski definition) is 6. The number of rotatable bonds is 5. The van der Waals surface area contributed by atoms with Crippen molar-refractivity contribution in [1.29, 1.82) is 0 Å². The number of anilines is 1. The number of aldehydes is 1. The summed E-state index contributed by atoms with van der Waals surface area (Å²) in [6.45, 7) is 4.37. The van der Waals surface area contributed by atoms with Crippen LogP contribution in [0.4, 0.5) is 5.69 Å². The number of carbonyl (C=O) groups excluding carboxylic acids is 1. The van der Waals surface area contributed by atoms with Crippen LogP contribution in [0.15, 0.2) is 41.7 Å². The lowest BCUT2D eigenvalue weighted by molar-refractivity contribution is -0.110. The predicted octanol–water partition coefficient (Wildman–Crippen LogP) is 2.27. The summed E-state index contributed by atoms with van der Waals surface area (Å²) in [7, 11) is 4.05. The summed E-state index contributed by atoms with van der Waals surface area (Å²) < 4.78 is 6.11. The monoisotopic (exact) mass is 356 g/mol. The van der Waals surface area contributed by atoms with Crippen LogP contribution in [0.25, 0.3) is 0 Å². The van der Waals surface area contributed by atoms with E-state index in [0.717, 1.165) is 49.5 Å². The van der Waals surface area contributed by atoms with Gasteiger partial charge in [-0.1, -0.05) is 12.1 Å². The van der Waals surface area contributed by atoms with Crippen molar-refractivity contribution in [3.63, 3.8) is 0 Å². The topological polar surface area (TPSA) is 57.2 Å². The van der Waals surface area contributed by atoms with Gasteiger partial charge in [0, 0.05) is 39.6 Å². The lowest BCUT2D eigenvalue weighted by atomic mass is 9.94. The maximum Gasteiger partial charge on any atom is 0.152 e. The molecule has 1 atom stereocenters. The molecule has 1 fully saturated rings. The number of carbonyl (C=O) groups is 1. The van der Waals surface area contributed by atoms with Crippen LogP contribution in [0.1, 0.15) is 19.8 Å². The zero-order valence-corrected chi connectivity index (χ0v) is 15.8. The van der Waals surface area contributed by atoms with E-state index in [0.29, 0.717) is 12.5 Å². The van der Waals surface area contributed by atoms with E-state index in [-0.39, 0.29) is 0 Å². The van der Waals surface area contributed by atoms with E-state index >= 15 is 0 Å². The summed E-state index contributed by atoms with van der Waals surface area (Å²) in [5.74, 6) is 2.25. The second kappa shape index (κ2) is 7.81. The molecule has 2 aliphatic heterocycles. The van der Waals surface area contributed by atoms with E-state index in [1.165, 1.54) is 0 Å². The Morgan fingerprint density at radius 3 is 2.77 bits per heavy atom. The maximum absolute atomic E-state index is 11.5. The Balaban J connectivity index is 1.56. The van der Waals surface area contributed by atoms with Gasteiger partial charge in [0.1, 0.15) is 17.1 Å². The lowest BCUT2D eigenvalue weighted by Gasteiger charge is -2.40. The molecule has 0 saturated carbocycles. The van der Waals surface area contributed by atoms with Crippen LogP contribution in [-0.2, 0) is 4.79 Å². The zero-order chi connectivity index (χ0) is 18.6. The molecule has 1 saturated heterocycles. The Morgan fingerprint density at radius 2 is 2.08 bits per heavy atom. The fourth-order valence-electron chi connectivity index (χ4n) is 3.48. The number of hydrogen-bond donors (Lipinski definition) is 1. The number of likely N-dealkylation sites (tertiary alicyclic amines) is 1. The van der Waals surface area contributed by atoms with Crippen molar-refractivity contribution in [2.75, 3.05) is 38.7 Å². The Labute approximate surface area is 155 Å². The van der Waals surface area contributed by atoms with Crippen LogP contribution >= 0.6 is 0 Å². The molecule has 0 bridgehead atoms. The van der Waals surface area contributed by atoms with Crippen molar-refractivity contribution in [2.45, 2.75) is 25.3 Å². The molecule has 3 rings (SSSR count). The summed E-state index contributed by atoms with van der Waals surface area (Å²) in [4.78, 5) is 20.3. The van der Waals surface area contributed by atoms with Crippen molar-refractivity contribution < 1.29 is 9.53 Å². The molecule has 0 spiro atoms. The number of para-hydroxylation sites is 2. The Hall–Kier alpha value is -2.50. The maximum atomic E-state index is 11.5. The number of piperidine rings is 1. The Bertz CT molecular complexity index is 693. The molecular formula is C20H28N4O2. The number of nitrogens with one attached hydrogen (secondary N) is 1. The number of nitrogens with zero attached hydrogens (tertiary/aromatic N) is 3. The van der Waals surface area contributed by atoms with Gasteiger partial charge in [0.05, 0.1) is 12.3 Å². The minimum absolute atomic E-state index is 0.511. The second-order valence-electron chi connectivity index (χ2n) is 7.34. The van der Waals surface area contributed by atoms with E-state index < -0.39 is 5.54 Å². The largest absolute Gasteiger partial charge is 0.491 e. The molecule has 6 heteroatoms. The molecule has 1 aromatic carbocycles. The van der Waals surface area contributed by atoms with Crippen LogP contribution in [0.5, 0.6) is 5.75 Å². The van der Waals surface area contributed by atoms with Crippen LogP contribution < -0.4 is 15.0 Å². The molecule has 1 unspecified atom stereocenters. The highest BCUT2D eigenvalue weighted by atomic mass is 16.5. The number of amidine groups is 1. The first-order valence-electron chi connectivity index (χ1n) is 9.15. The zero-order valence-electron chi connectivity index (χ0n) is 15.8. The molecule has 1 aromatic rings. The fourth-order valence-corrected chi connectivity index (χ4v) is 3.48. The van der Waals surface area contributed by atoms with Gasteiger partial charge in [0.15, 0.2) is 6.29 Å². The van der Waals surface area contributed by atoms with Crippen molar-refractivity contribution in [3.8, 4) is 5.75 Å². The number of benzene rings is 1. The van der Waals surface area contributed by atoms with Crippen LogP contribution in [0.3, 0.4) is 0 Å². The van der Waals surface area contributed by atoms with Gasteiger partial charge in [-0.05, 0) is 37.8 Å². The van der Waals surface area contributed by atoms with E-state index in [2.05, 4.69) is 26.2 Å². The second-order valence-corrected chi connectivity index (χ2v) is 7.34. The van der Waals surface area contributed by atoms with Gasteiger partial charge in [-0.3, -0.25) is 0 Å². The van der Waals surface area contributed by atoms with Crippen molar-refractivity contribution in [3.05, 3.63) is 36.7 Å². The van der Waals surface area contributed by atoms with Gasteiger partial charge in [-0.25, -0.2) is 4.99 Å². The van der Waals surface area contributed by atoms with E-state index in [4.69, 9.17) is 4.74 Å². The normalized spacial score (nSPS) is 23.2. The van der Waals surface area contributed by atoms with Gasteiger partial charge in [0.25, 0.3) is 0 Å². The lowest BCUT2D eigenvalue weighted by Crippen LogP contribution is -2.58. The highest BCUT2D eigenvalue weighted by molar-refractivity contribution is 6.05. The first kappa shape index (κ1) is 18.3. The third-order valence-corrected chi connectivity index (χ3v) is 5.09. The van der Waals surface area contributed by atoms with E-state index in [1.807, 2.05) is 39.2 Å². The highest BCUT2D eigenvalue weighted by Crippen LogP contribution is 2.28. The van der Waals surface area contributed by atoms with E-state index in [9.17, 15) is 4.79 Å². The number of aliphatic imine (C=N–C) groups is 1. The van der Waals surface area contributed by atoms with Gasteiger partial charge < -0.3 is 24.6 Å². The fraction of sp³-hybridized carbons (Fsp3) is 0.500. The van der Waals surface area contributed by atoms with Crippen LogP contribution in [0, 0.1) is 5.92 Å². The molecule has 0 aliphatic carbocycles. The molecule has 2 heterocycles. The van der Waals surface area contributed by atoms with Gasteiger partial charge in [-0.15, -0.1) is 0 Å². The predicted molar refractivity (Wildman–Crippen MR) is 105 cm³/mol. The minimum Gasteiger partial charge on any atom is -0.491 e. The van der Waals surface area contributed by atoms with Gasteiger partial charge in [-0.2, -0.15) is 0 Å². The molecule has 2 aliphatic rings. The quantitative estimate of drug-likeness (QED) is 0.820. The van der Waals surface area contributed by atoms with Gasteiger partial charge >= 0.3 is 0 Å². The SMILES string of the molecule is CN(C)c1ccccc1OCC1CCN(C2=NC=CNC2(C)C=O)CC1. The van der Waals surface area contributed by atoms with Crippen LogP contribution in [-0.4, -0.2) is 56.4 Å². The smallest absolute Gasteiger partial charge is 0.152 e. The van der Waals surface area contributed by atoms with Crippen molar-refractivity contribution in [1.82, 2.24) is 10.2 Å². The van der Waals surface area contributed by atoms with Gasteiger partial charge in [0.2, 0.25) is 0 Å². The molecule has 0 aromatic heterocycles. The van der Waals surface area contributed by atoms with Crippen molar-refractivity contribution in [2.24, 2.45) is 10.9 Å². The van der Waals surface area contributed by atoms with E-state index in [1.54, 1.807) is 12.4 Å². The summed E-state index contributed by atoms with van der Waals surface area (Å²) in [5.41, 5.74) is 0.365. The standard InChI is InChI=1S/C20H28N4O2/c1-20(15-25)19(21-10-11-22-20)24-12-8-16(9-13-24)14-26-18-7-5-4-6-17(18)23(2)3/h4-7,10-11,15-16,22H,8-9,12-14H2,1-3H3. The summed E-state index contributed by atoms with van der Waals surface area (Å²) in [6, 6.07) is 8.12. The molecule has 26 heavy (non-hydrogen) atoms. The molecule has 6 nitrogen and oxygen atoms in total. The molecule has 140 valence electrons. The third kappa shape index (κ3) is 3.84. The Kier molecular flexibility index (Phi) is 5.49.